The van der Waals surface area contributed by atoms with Crippen molar-refractivity contribution in [2.75, 3.05) is 52.9 Å². The number of hydrogen-bond donors (Lipinski definition) is 2. The standard InChI is InChI=1S/C23H41N5.HI/c1-7-24-22(26-18-23(4,5)20-11-9-8-10-12-20)25-17-21(19(2)3)28-15-13-27(6)14-16-28;/h8-12,19,21H,7,13-18H2,1-6H3,(H2,24,25,26);1H. The minimum Gasteiger partial charge on any atom is -0.357 e. The van der Waals surface area contributed by atoms with Crippen LogP contribution in [0.5, 0.6) is 0 Å². The van der Waals surface area contributed by atoms with E-state index in [2.05, 4.69) is 92.4 Å². The van der Waals surface area contributed by atoms with Gasteiger partial charge in [0.25, 0.3) is 0 Å². The molecule has 0 aromatic heterocycles. The van der Waals surface area contributed by atoms with E-state index in [4.69, 9.17) is 4.99 Å². The van der Waals surface area contributed by atoms with Gasteiger partial charge in [-0.2, -0.15) is 0 Å². The van der Waals surface area contributed by atoms with Crippen LogP contribution < -0.4 is 10.6 Å². The molecule has 0 amide bonds. The van der Waals surface area contributed by atoms with Gasteiger partial charge < -0.3 is 15.5 Å². The normalized spacial score (nSPS) is 17.7. The van der Waals surface area contributed by atoms with E-state index < -0.39 is 0 Å². The van der Waals surface area contributed by atoms with Crippen molar-refractivity contribution in [3.8, 4) is 0 Å². The van der Waals surface area contributed by atoms with Gasteiger partial charge in [-0.1, -0.05) is 58.0 Å². The number of rotatable bonds is 8. The lowest BCUT2D eigenvalue weighted by Crippen LogP contribution is -2.55. The summed E-state index contributed by atoms with van der Waals surface area (Å²) in [7, 11) is 2.21. The molecule has 2 rings (SSSR count). The number of nitrogens with zero attached hydrogens (tertiary/aromatic N) is 3. The van der Waals surface area contributed by atoms with E-state index >= 15 is 0 Å². The van der Waals surface area contributed by atoms with Crippen LogP contribution in [-0.2, 0) is 5.41 Å². The quantitative estimate of drug-likeness (QED) is 0.317. The summed E-state index contributed by atoms with van der Waals surface area (Å²) < 4.78 is 0. The van der Waals surface area contributed by atoms with Crippen LogP contribution in [0.15, 0.2) is 35.3 Å². The summed E-state index contributed by atoms with van der Waals surface area (Å²) in [5.74, 6) is 1.53. The maximum Gasteiger partial charge on any atom is 0.191 e. The van der Waals surface area contributed by atoms with E-state index in [-0.39, 0.29) is 29.4 Å². The Morgan fingerprint density at radius 2 is 1.69 bits per heavy atom. The molecular weight excluding hydrogens is 473 g/mol. The first kappa shape index (κ1) is 26.2. The molecule has 0 bridgehead atoms. The van der Waals surface area contributed by atoms with Crippen molar-refractivity contribution in [3.63, 3.8) is 0 Å². The maximum absolute atomic E-state index is 4.92. The van der Waals surface area contributed by atoms with Gasteiger partial charge in [-0.15, -0.1) is 24.0 Å². The average molecular weight is 516 g/mol. The lowest BCUT2D eigenvalue weighted by atomic mass is 9.85. The van der Waals surface area contributed by atoms with Gasteiger partial charge in [-0.05, 0) is 25.5 Å². The average Bonchev–Trinajstić information content (AvgIpc) is 2.68. The minimum atomic E-state index is 0. The number of likely N-dealkylation sites (N-methyl/N-ethyl adjacent to an activating group) is 1. The Labute approximate surface area is 195 Å². The molecule has 1 aromatic rings. The molecule has 1 atom stereocenters. The molecule has 0 spiro atoms. The van der Waals surface area contributed by atoms with Crippen LogP contribution in [0.1, 0.15) is 40.2 Å². The molecule has 1 unspecified atom stereocenters. The molecule has 0 aliphatic carbocycles. The second-order valence-corrected chi connectivity index (χ2v) is 8.98. The fourth-order valence-electron chi connectivity index (χ4n) is 3.74. The van der Waals surface area contributed by atoms with Crippen molar-refractivity contribution in [3.05, 3.63) is 35.9 Å². The van der Waals surface area contributed by atoms with Gasteiger partial charge in [0.1, 0.15) is 0 Å². The highest BCUT2D eigenvalue weighted by Crippen LogP contribution is 2.23. The predicted molar refractivity (Wildman–Crippen MR) is 137 cm³/mol. The Morgan fingerprint density at radius 3 is 2.24 bits per heavy atom. The molecule has 0 saturated carbocycles. The number of guanidine groups is 1. The second-order valence-electron chi connectivity index (χ2n) is 8.98. The number of piperazine rings is 1. The molecule has 1 fully saturated rings. The van der Waals surface area contributed by atoms with Crippen LogP contribution in [0.25, 0.3) is 0 Å². The van der Waals surface area contributed by atoms with Gasteiger partial charge in [-0.25, -0.2) is 0 Å². The number of benzene rings is 1. The molecule has 1 aromatic carbocycles. The number of hydrogen-bond acceptors (Lipinski definition) is 3. The Balaban J connectivity index is 0.00000420. The van der Waals surface area contributed by atoms with E-state index in [1.807, 2.05) is 0 Å². The first-order valence-electron chi connectivity index (χ1n) is 10.8. The minimum absolute atomic E-state index is 0. The zero-order chi connectivity index (χ0) is 20.6. The predicted octanol–water partition coefficient (Wildman–Crippen LogP) is 3.41. The van der Waals surface area contributed by atoms with Gasteiger partial charge in [0, 0.05) is 50.7 Å². The fraction of sp³-hybridized carbons (Fsp3) is 0.696. The Hall–Kier alpha value is -0.860. The summed E-state index contributed by atoms with van der Waals surface area (Å²) in [4.78, 5) is 9.97. The lowest BCUT2D eigenvalue weighted by molar-refractivity contribution is 0.0900. The SMILES string of the molecule is CCNC(=NCC(C)(C)c1ccccc1)NCC(C(C)C)N1CCN(C)CC1.I. The molecule has 1 aliphatic heterocycles. The third-order valence-electron chi connectivity index (χ3n) is 5.79. The van der Waals surface area contributed by atoms with Crippen LogP contribution in [0.2, 0.25) is 0 Å². The third kappa shape index (κ3) is 8.42. The van der Waals surface area contributed by atoms with Gasteiger partial charge in [-0.3, -0.25) is 9.89 Å². The van der Waals surface area contributed by atoms with E-state index in [1.165, 1.54) is 5.56 Å². The molecule has 0 radical (unpaired) electrons. The van der Waals surface area contributed by atoms with Crippen molar-refractivity contribution >= 4 is 29.9 Å². The monoisotopic (exact) mass is 515 g/mol. The summed E-state index contributed by atoms with van der Waals surface area (Å²) in [6, 6.07) is 11.2. The van der Waals surface area contributed by atoms with Crippen molar-refractivity contribution in [2.45, 2.75) is 46.1 Å². The van der Waals surface area contributed by atoms with Gasteiger partial charge in [0.15, 0.2) is 5.96 Å². The summed E-state index contributed by atoms with van der Waals surface area (Å²) in [6.07, 6.45) is 0. The molecule has 2 N–H and O–H groups in total. The Kier molecular flexibility index (Phi) is 11.5. The van der Waals surface area contributed by atoms with Crippen LogP contribution >= 0.6 is 24.0 Å². The fourth-order valence-corrected chi connectivity index (χ4v) is 3.74. The molecule has 6 heteroatoms. The smallest absolute Gasteiger partial charge is 0.191 e. The highest BCUT2D eigenvalue weighted by molar-refractivity contribution is 14.0. The maximum atomic E-state index is 4.92. The molecule has 29 heavy (non-hydrogen) atoms. The molecule has 166 valence electrons. The second kappa shape index (κ2) is 12.7. The molecule has 1 heterocycles. The number of halogens is 1. The van der Waals surface area contributed by atoms with E-state index in [0.717, 1.165) is 51.8 Å². The highest BCUT2D eigenvalue weighted by atomic mass is 127. The largest absolute Gasteiger partial charge is 0.357 e. The van der Waals surface area contributed by atoms with Gasteiger partial charge in [0.2, 0.25) is 0 Å². The Morgan fingerprint density at radius 1 is 1.07 bits per heavy atom. The molecule has 1 aliphatic rings. The number of nitrogens with one attached hydrogen (secondary N) is 2. The van der Waals surface area contributed by atoms with Crippen molar-refractivity contribution in [2.24, 2.45) is 10.9 Å². The van der Waals surface area contributed by atoms with Gasteiger partial charge >= 0.3 is 0 Å². The van der Waals surface area contributed by atoms with E-state index in [9.17, 15) is 0 Å². The summed E-state index contributed by atoms with van der Waals surface area (Å²) in [5.41, 5.74) is 1.34. The van der Waals surface area contributed by atoms with Gasteiger partial charge in [0.05, 0.1) is 6.54 Å². The van der Waals surface area contributed by atoms with Crippen LogP contribution in [0.4, 0.5) is 0 Å². The van der Waals surface area contributed by atoms with Crippen molar-refractivity contribution in [1.29, 1.82) is 0 Å². The van der Waals surface area contributed by atoms with E-state index in [1.54, 1.807) is 0 Å². The summed E-state index contributed by atoms with van der Waals surface area (Å²) in [6.45, 7) is 18.5. The molecule has 1 saturated heterocycles. The zero-order valence-electron chi connectivity index (χ0n) is 19.2. The highest BCUT2D eigenvalue weighted by Gasteiger charge is 2.25. The van der Waals surface area contributed by atoms with Crippen molar-refractivity contribution < 1.29 is 0 Å². The van der Waals surface area contributed by atoms with E-state index in [0.29, 0.717) is 12.0 Å². The first-order valence-corrected chi connectivity index (χ1v) is 10.8. The van der Waals surface area contributed by atoms with Crippen LogP contribution in [0.3, 0.4) is 0 Å². The van der Waals surface area contributed by atoms with Crippen LogP contribution in [0, 0.1) is 5.92 Å². The first-order chi connectivity index (χ1) is 13.3. The third-order valence-corrected chi connectivity index (χ3v) is 5.79. The Bertz CT molecular complexity index is 595. The van der Waals surface area contributed by atoms with Crippen LogP contribution in [-0.4, -0.2) is 74.7 Å². The molecular formula is C23H42IN5. The zero-order valence-corrected chi connectivity index (χ0v) is 21.6. The summed E-state index contributed by atoms with van der Waals surface area (Å²) in [5, 5.41) is 7.04. The van der Waals surface area contributed by atoms with Crippen molar-refractivity contribution in [1.82, 2.24) is 20.4 Å². The lowest BCUT2D eigenvalue weighted by Gasteiger charge is -2.40. The summed E-state index contributed by atoms with van der Waals surface area (Å²) >= 11 is 0. The topological polar surface area (TPSA) is 42.9 Å². The molecule has 5 nitrogen and oxygen atoms in total. The number of aliphatic imine (C=N–C) groups is 1.